The Labute approximate surface area is 176 Å². The fourth-order valence-electron chi connectivity index (χ4n) is 4.02. The van der Waals surface area contributed by atoms with Crippen molar-refractivity contribution in [1.29, 1.82) is 0 Å². The lowest BCUT2D eigenvalue weighted by Crippen LogP contribution is -2.41. The van der Waals surface area contributed by atoms with E-state index >= 15 is 0 Å². The first-order chi connectivity index (χ1) is 14.4. The summed E-state index contributed by atoms with van der Waals surface area (Å²) in [7, 11) is -3.63. The van der Waals surface area contributed by atoms with Crippen LogP contribution in [-0.2, 0) is 22.9 Å². The molecule has 0 saturated carbocycles. The number of carbonyl (C=O) groups excluding carboxylic acids is 2. The minimum Gasteiger partial charge on any atom is -0.267 e. The Hall–Kier alpha value is -2.71. The molecule has 158 valence electrons. The summed E-state index contributed by atoms with van der Waals surface area (Å²) in [6, 6.07) is 11.5. The van der Waals surface area contributed by atoms with Crippen molar-refractivity contribution in [2.75, 3.05) is 13.1 Å². The lowest BCUT2D eigenvalue weighted by Gasteiger charge is -2.26. The number of amides is 2. The van der Waals surface area contributed by atoms with Gasteiger partial charge in [-0.3, -0.25) is 20.4 Å². The topological polar surface area (TPSA) is 95.6 Å². The summed E-state index contributed by atoms with van der Waals surface area (Å²) in [5.74, 6) is -0.977. The van der Waals surface area contributed by atoms with Crippen molar-refractivity contribution in [2.24, 2.45) is 0 Å². The summed E-state index contributed by atoms with van der Waals surface area (Å²) in [4.78, 5) is 25.0. The van der Waals surface area contributed by atoms with Gasteiger partial charge in [0.15, 0.2) is 0 Å². The van der Waals surface area contributed by atoms with Crippen molar-refractivity contribution in [2.45, 2.75) is 43.4 Å². The molecule has 7 nitrogen and oxygen atoms in total. The molecule has 2 aromatic carbocycles. The fourth-order valence-corrected chi connectivity index (χ4v) is 5.59. The first kappa shape index (κ1) is 20.6. The van der Waals surface area contributed by atoms with E-state index in [-0.39, 0.29) is 10.5 Å². The second-order valence-electron chi connectivity index (χ2n) is 7.74. The van der Waals surface area contributed by atoms with Crippen molar-refractivity contribution in [3.63, 3.8) is 0 Å². The molecule has 2 N–H and O–H groups in total. The number of nitrogens with zero attached hydrogens (tertiary/aromatic N) is 1. The SMILES string of the molecule is O=C(NNC(=O)c1ccc2c(c1)CCC2)c1cccc(S(=O)(=O)N2CCCCC2)c1. The van der Waals surface area contributed by atoms with Gasteiger partial charge in [0.05, 0.1) is 4.90 Å². The Morgan fingerprint density at radius 3 is 2.17 bits per heavy atom. The third-order valence-electron chi connectivity index (χ3n) is 5.70. The maximum absolute atomic E-state index is 12.8. The largest absolute Gasteiger partial charge is 0.269 e. The molecule has 0 unspecified atom stereocenters. The van der Waals surface area contributed by atoms with E-state index in [9.17, 15) is 18.0 Å². The van der Waals surface area contributed by atoms with Crippen LogP contribution in [-0.4, -0.2) is 37.6 Å². The average molecular weight is 428 g/mol. The molecule has 0 aromatic heterocycles. The number of sulfonamides is 1. The van der Waals surface area contributed by atoms with E-state index in [1.807, 2.05) is 12.1 Å². The smallest absolute Gasteiger partial charge is 0.267 e. The molecule has 30 heavy (non-hydrogen) atoms. The monoisotopic (exact) mass is 427 g/mol. The molecule has 8 heteroatoms. The second kappa shape index (κ2) is 8.57. The molecule has 0 radical (unpaired) electrons. The Balaban J connectivity index is 1.42. The van der Waals surface area contributed by atoms with Gasteiger partial charge < -0.3 is 0 Å². The summed E-state index contributed by atoms with van der Waals surface area (Å²) in [5, 5.41) is 0. The zero-order valence-electron chi connectivity index (χ0n) is 16.7. The number of carbonyl (C=O) groups is 2. The van der Waals surface area contributed by atoms with E-state index in [1.54, 1.807) is 6.07 Å². The number of nitrogens with one attached hydrogen (secondary N) is 2. The number of piperidine rings is 1. The molecule has 1 heterocycles. The first-order valence-electron chi connectivity index (χ1n) is 10.3. The number of rotatable bonds is 4. The van der Waals surface area contributed by atoms with Gasteiger partial charge in [0, 0.05) is 24.2 Å². The Bertz CT molecular complexity index is 1080. The number of fused-ring (bicyclic) bond motifs is 1. The molecule has 0 atom stereocenters. The molecular formula is C22H25N3O4S. The predicted octanol–water partition coefficient (Wildman–Crippen LogP) is 2.42. The van der Waals surface area contributed by atoms with Gasteiger partial charge in [0.25, 0.3) is 11.8 Å². The van der Waals surface area contributed by atoms with Crippen molar-refractivity contribution in [3.05, 3.63) is 64.7 Å². The molecule has 2 amide bonds. The highest BCUT2D eigenvalue weighted by atomic mass is 32.2. The van der Waals surface area contributed by atoms with Crippen molar-refractivity contribution < 1.29 is 18.0 Å². The van der Waals surface area contributed by atoms with Crippen LogP contribution in [0.4, 0.5) is 0 Å². The third-order valence-corrected chi connectivity index (χ3v) is 7.59. The van der Waals surface area contributed by atoms with Gasteiger partial charge in [-0.1, -0.05) is 18.6 Å². The quantitative estimate of drug-likeness (QED) is 0.733. The van der Waals surface area contributed by atoms with Gasteiger partial charge in [-0.2, -0.15) is 4.31 Å². The van der Waals surface area contributed by atoms with Crippen LogP contribution < -0.4 is 10.9 Å². The maximum Gasteiger partial charge on any atom is 0.269 e. The van der Waals surface area contributed by atoms with Gasteiger partial charge in [0.1, 0.15) is 0 Å². The van der Waals surface area contributed by atoms with E-state index < -0.39 is 21.8 Å². The van der Waals surface area contributed by atoms with Crippen LogP contribution in [0.2, 0.25) is 0 Å². The molecule has 0 spiro atoms. The highest BCUT2D eigenvalue weighted by Gasteiger charge is 2.26. The molecule has 0 bridgehead atoms. The van der Waals surface area contributed by atoms with Crippen LogP contribution in [0.15, 0.2) is 47.4 Å². The van der Waals surface area contributed by atoms with E-state index in [4.69, 9.17) is 0 Å². The lowest BCUT2D eigenvalue weighted by molar-refractivity contribution is 0.0846. The van der Waals surface area contributed by atoms with Gasteiger partial charge >= 0.3 is 0 Å². The molecule has 4 rings (SSSR count). The molecule has 1 saturated heterocycles. The number of hydrazine groups is 1. The number of hydrogen-bond acceptors (Lipinski definition) is 4. The van der Waals surface area contributed by atoms with Crippen LogP contribution >= 0.6 is 0 Å². The normalized spacial score (nSPS) is 16.7. The van der Waals surface area contributed by atoms with E-state index in [0.29, 0.717) is 18.7 Å². The average Bonchev–Trinajstić information content (AvgIpc) is 3.26. The van der Waals surface area contributed by atoms with Gasteiger partial charge in [-0.25, -0.2) is 8.42 Å². The van der Waals surface area contributed by atoms with E-state index in [0.717, 1.165) is 38.5 Å². The lowest BCUT2D eigenvalue weighted by atomic mass is 10.1. The highest BCUT2D eigenvalue weighted by molar-refractivity contribution is 7.89. The third kappa shape index (κ3) is 4.24. The molecule has 2 aliphatic rings. The molecule has 1 aliphatic carbocycles. The Kier molecular flexibility index (Phi) is 5.87. The number of benzene rings is 2. The molecular weight excluding hydrogens is 402 g/mol. The molecule has 2 aromatic rings. The van der Waals surface area contributed by atoms with Crippen LogP contribution in [0.3, 0.4) is 0 Å². The van der Waals surface area contributed by atoms with Gasteiger partial charge in [0.2, 0.25) is 10.0 Å². The molecule has 1 fully saturated rings. The minimum atomic E-state index is -3.63. The summed E-state index contributed by atoms with van der Waals surface area (Å²) >= 11 is 0. The zero-order chi connectivity index (χ0) is 21.1. The van der Waals surface area contributed by atoms with Crippen LogP contribution in [0.5, 0.6) is 0 Å². The van der Waals surface area contributed by atoms with E-state index in [1.165, 1.54) is 39.7 Å². The summed E-state index contributed by atoms with van der Waals surface area (Å²) in [6.45, 7) is 0.991. The first-order valence-corrected chi connectivity index (χ1v) is 11.7. The van der Waals surface area contributed by atoms with E-state index in [2.05, 4.69) is 10.9 Å². The second-order valence-corrected chi connectivity index (χ2v) is 9.68. The number of aryl methyl sites for hydroxylation is 2. The minimum absolute atomic E-state index is 0.0852. The summed E-state index contributed by atoms with van der Waals surface area (Å²) in [5.41, 5.74) is 7.88. The van der Waals surface area contributed by atoms with Crippen LogP contribution in [0.1, 0.15) is 57.5 Å². The Morgan fingerprint density at radius 1 is 0.767 bits per heavy atom. The fraction of sp³-hybridized carbons (Fsp3) is 0.364. The van der Waals surface area contributed by atoms with Crippen LogP contribution in [0.25, 0.3) is 0 Å². The summed E-state index contributed by atoms with van der Waals surface area (Å²) < 4.78 is 27.1. The van der Waals surface area contributed by atoms with Crippen molar-refractivity contribution >= 4 is 21.8 Å². The summed E-state index contributed by atoms with van der Waals surface area (Å²) in [6.07, 6.45) is 5.79. The van der Waals surface area contributed by atoms with Crippen molar-refractivity contribution in [3.8, 4) is 0 Å². The molecule has 1 aliphatic heterocycles. The Morgan fingerprint density at radius 2 is 1.43 bits per heavy atom. The number of hydrogen-bond donors (Lipinski definition) is 2. The van der Waals surface area contributed by atoms with Crippen LogP contribution in [0, 0.1) is 0 Å². The van der Waals surface area contributed by atoms with Crippen molar-refractivity contribution in [1.82, 2.24) is 15.2 Å². The maximum atomic E-state index is 12.8. The highest BCUT2D eigenvalue weighted by Crippen LogP contribution is 2.23. The van der Waals surface area contributed by atoms with Gasteiger partial charge in [-0.15, -0.1) is 0 Å². The zero-order valence-corrected chi connectivity index (χ0v) is 17.5. The standard InChI is InChI=1S/C22H25N3O4S/c26-21(23-24-22(27)19-11-10-16-6-4-7-17(16)14-19)18-8-5-9-20(15-18)30(28,29)25-12-2-1-3-13-25/h5,8-11,14-15H,1-4,6-7,12-13H2,(H,23,26)(H,24,27). The van der Waals surface area contributed by atoms with Gasteiger partial charge in [-0.05, 0) is 73.6 Å². The predicted molar refractivity (Wildman–Crippen MR) is 112 cm³/mol.